The molecular weight excluding hydrogens is 1020 g/mol. The van der Waals surface area contributed by atoms with Crippen molar-refractivity contribution >= 4 is 11.9 Å². The number of aliphatic hydroxyl groups excluding tert-OH is 2. The Hall–Kier alpha value is -1.66. The summed E-state index contributed by atoms with van der Waals surface area (Å²) in [7, 11) is 0. The number of unbranched alkanes of at least 4 members (excludes halogenated alkanes) is 57. The molecule has 0 fully saturated rings. The Morgan fingerprint density at radius 3 is 0.916 bits per heavy atom. The number of hydrogen-bond acceptors (Lipinski definition) is 5. The predicted molar refractivity (Wildman–Crippen MR) is 366 cm³/mol. The fourth-order valence-electron chi connectivity index (χ4n) is 12.2. The number of ether oxygens (including phenoxy) is 1. The fourth-order valence-corrected chi connectivity index (χ4v) is 12.2. The van der Waals surface area contributed by atoms with Crippen LogP contribution in [0.2, 0.25) is 0 Å². The van der Waals surface area contributed by atoms with Gasteiger partial charge >= 0.3 is 5.97 Å². The number of hydrogen-bond donors (Lipinski definition) is 3. The molecule has 0 aliphatic heterocycles. The van der Waals surface area contributed by atoms with Gasteiger partial charge in [-0.3, -0.25) is 9.59 Å². The second-order valence-electron chi connectivity index (χ2n) is 26.3. The van der Waals surface area contributed by atoms with Crippen molar-refractivity contribution in [2.45, 2.75) is 443 Å². The van der Waals surface area contributed by atoms with Gasteiger partial charge in [0, 0.05) is 12.8 Å². The van der Waals surface area contributed by atoms with Gasteiger partial charge in [0.25, 0.3) is 0 Å². The first kappa shape index (κ1) is 81.3. The molecule has 0 rings (SSSR count). The molecular formula is C77H149NO5. The summed E-state index contributed by atoms with van der Waals surface area (Å²) in [6, 6.07) is -0.543. The number of carbonyl (C=O) groups excluding carboxylic acids is 2. The van der Waals surface area contributed by atoms with Crippen LogP contribution in [0.5, 0.6) is 0 Å². The van der Waals surface area contributed by atoms with Crippen molar-refractivity contribution in [3.63, 3.8) is 0 Å². The zero-order valence-corrected chi connectivity index (χ0v) is 56.5. The van der Waals surface area contributed by atoms with Gasteiger partial charge in [-0.15, -0.1) is 0 Å². The molecule has 0 saturated carbocycles. The molecule has 0 aliphatic rings. The van der Waals surface area contributed by atoms with E-state index in [0.717, 1.165) is 44.9 Å². The molecule has 0 saturated heterocycles. The van der Waals surface area contributed by atoms with Gasteiger partial charge in [-0.2, -0.15) is 0 Å². The van der Waals surface area contributed by atoms with Crippen LogP contribution in [0.4, 0.5) is 0 Å². The van der Waals surface area contributed by atoms with Crippen molar-refractivity contribution in [1.29, 1.82) is 0 Å². The van der Waals surface area contributed by atoms with Crippen LogP contribution in [0.1, 0.15) is 431 Å². The lowest BCUT2D eigenvalue weighted by Crippen LogP contribution is -2.45. The van der Waals surface area contributed by atoms with Gasteiger partial charge in [0.1, 0.15) is 0 Å². The highest BCUT2D eigenvalue weighted by Crippen LogP contribution is 2.20. The highest BCUT2D eigenvalue weighted by atomic mass is 16.5. The van der Waals surface area contributed by atoms with Crippen LogP contribution in [0.3, 0.4) is 0 Å². The minimum atomic E-state index is -0.666. The van der Waals surface area contributed by atoms with Crippen LogP contribution < -0.4 is 5.32 Å². The number of nitrogens with one attached hydrogen (secondary N) is 1. The maximum Gasteiger partial charge on any atom is 0.305 e. The van der Waals surface area contributed by atoms with E-state index in [1.165, 1.54) is 353 Å². The van der Waals surface area contributed by atoms with Gasteiger partial charge < -0.3 is 20.3 Å². The Bertz CT molecular complexity index is 1300. The van der Waals surface area contributed by atoms with Crippen molar-refractivity contribution < 1.29 is 24.5 Å². The Morgan fingerprint density at radius 1 is 0.337 bits per heavy atom. The lowest BCUT2D eigenvalue weighted by Gasteiger charge is -2.22. The van der Waals surface area contributed by atoms with E-state index >= 15 is 0 Å². The summed E-state index contributed by atoms with van der Waals surface area (Å²) < 4.78 is 5.51. The van der Waals surface area contributed by atoms with Crippen molar-refractivity contribution in [3.8, 4) is 0 Å². The third kappa shape index (κ3) is 69.3. The SMILES string of the molecule is CCCCCCCCCCCCCCCCCCCCCCC(O)C(CO)NC(=O)CCCCCCCCCCCCCCC/C=C\C/C=C\CCCCCCCCCCCOC(=O)CCCCCCCCCCCCCCCCCCC. The van der Waals surface area contributed by atoms with E-state index in [4.69, 9.17) is 4.74 Å². The molecule has 83 heavy (non-hydrogen) atoms. The maximum atomic E-state index is 12.6. The summed E-state index contributed by atoms with van der Waals surface area (Å²) in [6.07, 6.45) is 92.5. The molecule has 0 aromatic rings. The molecule has 3 N–H and O–H groups in total. The predicted octanol–water partition coefficient (Wildman–Crippen LogP) is 24.9. The van der Waals surface area contributed by atoms with E-state index in [0.29, 0.717) is 25.9 Å². The summed E-state index contributed by atoms with van der Waals surface area (Å²) in [4.78, 5) is 24.7. The van der Waals surface area contributed by atoms with Crippen LogP contribution in [0, 0.1) is 0 Å². The zero-order valence-electron chi connectivity index (χ0n) is 56.5. The van der Waals surface area contributed by atoms with Crippen LogP contribution in [0.15, 0.2) is 24.3 Å². The number of allylic oxidation sites excluding steroid dienone is 4. The van der Waals surface area contributed by atoms with E-state index in [-0.39, 0.29) is 18.5 Å². The average molecular weight is 1170 g/mol. The minimum Gasteiger partial charge on any atom is -0.466 e. The molecule has 6 heteroatoms. The molecule has 0 aromatic heterocycles. The highest BCUT2D eigenvalue weighted by Gasteiger charge is 2.20. The summed E-state index contributed by atoms with van der Waals surface area (Å²) in [5, 5.41) is 23.4. The Balaban J connectivity index is 3.39. The Morgan fingerprint density at radius 2 is 0.602 bits per heavy atom. The smallest absolute Gasteiger partial charge is 0.305 e. The van der Waals surface area contributed by atoms with Crippen molar-refractivity contribution in [3.05, 3.63) is 24.3 Å². The third-order valence-electron chi connectivity index (χ3n) is 18.0. The van der Waals surface area contributed by atoms with E-state index in [1.807, 2.05) is 0 Å². The number of rotatable bonds is 72. The molecule has 0 aromatic carbocycles. The lowest BCUT2D eigenvalue weighted by molar-refractivity contribution is -0.143. The van der Waals surface area contributed by atoms with E-state index in [1.54, 1.807) is 0 Å². The molecule has 0 heterocycles. The monoisotopic (exact) mass is 1170 g/mol. The van der Waals surface area contributed by atoms with Gasteiger partial charge in [0.2, 0.25) is 5.91 Å². The summed E-state index contributed by atoms with van der Waals surface area (Å²) in [5.41, 5.74) is 0. The Kier molecular flexibility index (Phi) is 71.4. The van der Waals surface area contributed by atoms with Gasteiger partial charge in [-0.1, -0.05) is 385 Å². The van der Waals surface area contributed by atoms with Crippen LogP contribution in [0.25, 0.3) is 0 Å². The topological polar surface area (TPSA) is 95.9 Å². The van der Waals surface area contributed by atoms with Crippen LogP contribution in [-0.4, -0.2) is 47.4 Å². The number of aliphatic hydroxyl groups is 2. The fraction of sp³-hybridized carbons (Fsp3) is 0.922. The molecule has 2 unspecified atom stereocenters. The first-order valence-corrected chi connectivity index (χ1v) is 38.1. The van der Waals surface area contributed by atoms with Gasteiger partial charge in [0.15, 0.2) is 0 Å². The molecule has 0 aliphatic carbocycles. The van der Waals surface area contributed by atoms with Crippen molar-refractivity contribution in [1.82, 2.24) is 5.32 Å². The second kappa shape index (κ2) is 72.8. The van der Waals surface area contributed by atoms with Crippen molar-refractivity contribution in [2.75, 3.05) is 13.2 Å². The zero-order chi connectivity index (χ0) is 59.9. The molecule has 492 valence electrons. The molecule has 0 spiro atoms. The average Bonchev–Trinajstić information content (AvgIpc) is 3.49. The number of amides is 1. The summed E-state index contributed by atoms with van der Waals surface area (Å²) in [5.74, 6) is -0.0143. The Labute approximate surface area is 520 Å². The van der Waals surface area contributed by atoms with Crippen LogP contribution in [-0.2, 0) is 14.3 Å². The summed E-state index contributed by atoms with van der Waals surface area (Å²) >= 11 is 0. The molecule has 1 amide bonds. The normalized spacial score (nSPS) is 12.6. The number of esters is 1. The lowest BCUT2D eigenvalue weighted by atomic mass is 10.0. The summed E-state index contributed by atoms with van der Waals surface area (Å²) in [6.45, 7) is 5.00. The minimum absolute atomic E-state index is 0.0170. The molecule has 0 radical (unpaired) electrons. The maximum absolute atomic E-state index is 12.6. The standard InChI is InChI=1S/C77H149NO5/c1-3-5-7-9-11-13-15-17-19-21-22-34-38-41-45-49-53-57-61-65-69-75(80)74(73-79)78-76(81)70-66-62-58-54-50-46-42-39-35-32-30-28-26-24-23-25-27-29-31-33-36-40-44-48-52-56-60-64-68-72-83-77(82)71-67-63-59-55-51-47-43-37-20-18-16-14-12-10-8-6-4-2/h23,25,29,31,74-75,79-80H,3-22,24,26-28,30,32-73H2,1-2H3,(H,78,81)/b25-23-,31-29-. The molecule has 0 bridgehead atoms. The van der Waals surface area contributed by atoms with Crippen molar-refractivity contribution in [2.24, 2.45) is 0 Å². The highest BCUT2D eigenvalue weighted by molar-refractivity contribution is 5.76. The first-order valence-electron chi connectivity index (χ1n) is 38.1. The number of carbonyl (C=O) groups is 2. The van der Waals surface area contributed by atoms with E-state index < -0.39 is 12.1 Å². The quantitative estimate of drug-likeness (QED) is 0.0320. The third-order valence-corrected chi connectivity index (χ3v) is 18.0. The van der Waals surface area contributed by atoms with E-state index in [9.17, 15) is 19.8 Å². The van der Waals surface area contributed by atoms with Gasteiger partial charge in [0.05, 0.1) is 25.4 Å². The van der Waals surface area contributed by atoms with Gasteiger partial charge in [-0.25, -0.2) is 0 Å². The second-order valence-corrected chi connectivity index (χ2v) is 26.3. The largest absolute Gasteiger partial charge is 0.466 e. The molecule has 6 nitrogen and oxygen atoms in total. The van der Waals surface area contributed by atoms with Crippen LogP contribution >= 0.6 is 0 Å². The first-order chi connectivity index (χ1) is 41.0. The molecule has 2 atom stereocenters. The van der Waals surface area contributed by atoms with E-state index in [2.05, 4.69) is 43.5 Å². The van der Waals surface area contributed by atoms with Gasteiger partial charge in [-0.05, 0) is 57.8 Å².